The van der Waals surface area contributed by atoms with Gasteiger partial charge in [0.15, 0.2) is 5.78 Å². The number of anilines is 1. The minimum Gasteiger partial charge on any atom is -0.324 e. The average Bonchev–Trinajstić information content (AvgIpc) is 2.16. The molecule has 1 aliphatic heterocycles. The third kappa shape index (κ3) is 1.65. The van der Waals surface area contributed by atoms with E-state index in [0.29, 0.717) is 11.3 Å². The molecule has 0 unspecified atom stereocenters. The van der Waals surface area contributed by atoms with Crippen molar-refractivity contribution in [3.05, 3.63) is 23.8 Å². The standard InChI is InChI=1S/C10H9NO2S/c1-6(12)7-2-3-8-9(4-7)14-5-10(13)11-8/h2-4H,5H2,1H3,(H,11,13). The lowest BCUT2D eigenvalue weighted by Crippen LogP contribution is -2.18. The molecule has 1 aromatic rings. The van der Waals surface area contributed by atoms with Gasteiger partial charge in [-0.05, 0) is 25.1 Å². The highest BCUT2D eigenvalue weighted by atomic mass is 32.2. The second-order valence-electron chi connectivity index (χ2n) is 3.10. The molecular formula is C10H9NO2S. The quantitative estimate of drug-likeness (QED) is 0.716. The molecule has 0 saturated carbocycles. The number of amides is 1. The van der Waals surface area contributed by atoms with E-state index in [0.717, 1.165) is 10.6 Å². The second-order valence-corrected chi connectivity index (χ2v) is 4.12. The molecule has 1 heterocycles. The van der Waals surface area contributed by atoms with Crippen LogP contribution >= 0.6 is 11.8 Å². The number of Topliss-reactive ketones (excluding diaryl/α,β-unsaturated/α-hetero) is 1. The van der Waals surface area contributed by atoms with E-state index in [1.165, 1.54) is 18.7 Å². The normalized spacial score (nSPS) is 14.5. The molecule has 0 aromatic heterocycles. The van der Waals surface area contributed by atoms with Gasteiger partial charge < -0.3 is 5.32 Å². The summed E-state index contributed by atoms with van der Waals surface area (Å²) in [6.07, 6.45) is 0. The lowest BCUT2D eigenvalue weighted by atomic mass is 10.1. The van der Waals surface area contributed by atoms with Gasteiger partial charge in [0.2, 0.25) is 5.91 Å². The third-order valence-corrected chi connectivity index (χ3v) is 3.08. The summed E-state index contributed by atoms with van der Waals surface area (Å²) in [5.41, 5.74) is 1.49. The van der Waals surface area contributed by atoms with E-state index in [2.05, 4.69) is 5.32 Å². The lowest BCUT2D eigenvalue weighted by Gasteiger charge is -2.16. The minimum atomic E-state index is 0.0121. The number of carbonyl (C=O) groups excluding carboxylic acids is 2. The number of fused-ring (bicyclic) bond motifs is 1. The Kier molecular flexibility index (Phi) is 2.29. The first-order chi connectivity index (χ1) is 6.66. The molecule has 0 bridgehead atoms. The van der Waals surface area contributed by atoms with Gasteiger partial charge in [0.25, 0.3) is 0 Å². The topological polar surface area (TPSA) is 46.2 Å². The fraction of sp³-hybridized carbons (Fsp3) is 0.200. The van der Waals surface area contributed by atoms with Crippen LogP contribution in [0.4, 0.5) is 5.69 Å². The van der Waals surface area contributed by atoms with Crippen LogP contribution in [0.25, 0.3) is 0 Å². The Hall–Kier alpha value is -1.29. The number of ketones is 1. The van der Waals surface area contributed by atoms with E-state index in [1.54, 1.807) is 12.1 Å². The van der Waals surface area contributed by atoms with Crippen LogP contribution in [-0.2, 0) is 4.79 Å². The van der Waals surface area contributed by atoms with E-state index in [4.69, 9.17) is 0 Å². The molecule has 4 heteroatoms. The number of nitrogens with one attached hydrogen (secondary N) is 1. The van der Waals surface area contributed by atoms with Crippen LogP contribution in [0, 0.1) is 0 Å². The van der Waals surface area contributed by atoms with Crippen molar-refractivity contribution in [2.24, 2.45) is 0 Å². The molecule has 2 rings (SSSR count). The van der Waals surface area contributed by atoms with Crippen molar-refractivity contribution in [3.63, 3.8) is 0 Å². The van der Waals surface area contributed by atoms with Crippen LogP contribution in [-0.4, -0.2) is 17.4 Å². The van der Waals surface area contributed by atoms with Gasteiger partial charge in [-0.15, -0.1) is 11.8 Å². The lowest BCUT2D eigenvalue weighted by molar-refractivity contribution is -0.113. The van der Waals surface area contributed by atoms with Crippen LogP contribution in [0.15, 0.2) is 23.1 Å². The molecule has 0 saturated heterocycles. The minimum absolute atomic E-state index is 0.0121. The van der Waals surface area contributed by atoms with Crippen molar-refractivity contribution in [2.75, 3.05) is 11.1 Å². The second kappa shape index (κ2) is 3.46. The summed E-state index contributed by atoms with van der Waals surface area (Å²) in [6, 6.07) is 5.32. The van der Waals surface area contributed by atoms with Crippen molar-refractivity contribution in [2.45, 2.75) is 11.8 Å². The Morgan fingerprint density at radius 1 is 1.50 bits per heavy atom. The predicted molar refractivity (Wildman–Crippen MR) is 55.8 cm³/mol. The maximum Gasteiger partial charge on any atom is 0.234 e. The summed E-state index contributed by atoms with van der Waals surface area (Å²) >= 11 is 1.46. The summed E-state index contributed by atoms with van der Waals surface area (Å²) in [4.78, 5) is 23.1. The summed E-state index contributed by atoms with van der Waals surface area (Å²) in [7, 11) is 0. The zero-order valence-electron chi connectivity index (χ0n) is 7.66. The highest BCUT2D eigenvalue weighted by Gasteiger charge is 2.15. The summed E-state index contributed by atoms with van der Waals surface area (Å²) < 4.78 is 0. The molecule has 0 radical (unpaired) electrons. The average molecular weight is 207 g/mol. The fourth-order valence-corrected chi connectivity index (χ4v) is 2.14. The number of rotatable bonds is 1. The zero-order chi connectivity index (χ0) is 10.1. The first kappa shape index (κ1) is 9.27. The van der Waals surface area contributed by atoms with Crippen molar-refractivity contribution >= 4 is 29.1 Å². The van der Waals surface area contributed by atoms with Gasteiger partial charge in [-0.2, -0.15) is 0 Å². The summed E-state index contributed by atoms with van der Waals surface area (Å²) in [5, 5.41) is 2.75. The molecule has 0 atom stereocenters. The van der Waals surface area contributed by atoms with Crippen molar-refractivity contribution in [1.29, 1.82) is 0 Å². The Morgan fingerprint density at radius 3 is 3.00 bits per heavy atom. The smallest absolute Gasteiger partial charge is 0.234 e. The van der Waals surface area contributed by atoms with Crippen LogP contribution in [0.3, 0.4) is 0 Å². The van der Waals surface area contributed by atoms with E-state index in [9.17, 15) is 9.59 Å². The molecule has 1 aliphatic rings. The van der Waals surface area contributed by atoms with Gasteiger partial charge >= 0.3 is 0 Å². The first-order valence-electron chi connectivity index (χ1n) is 4.24. The van der Waals surface area contributed by atoms with E-state index in [1.807, 2.05) is 6.07 Å². The number of carbonyl (C=O) groups is 2. The third-order valence-electron chi connectivity index (χ3n) is 2.02. The molecule has 0 spiro atoms. The van der Waals surface area contributed by atoms with Crippen LogP contribution in [0.2, 0.25) is 0 Å². The molecule has 3 nitrogen and oxygen atoms in total. The first-order valence-corrected chi connectivity index (χ1v) is 5.23. The number of hydrogen-bond donors (Lipinski definition) is 1. The Bertz CT molecular complexity index is 415. The Balaban J connectivity index is 2.41. The van der Waals surface area contributed by atoms with Gasteiger partial charge in [0, 0.05) is 10.5 Å². The number of hydrogen-bond acceptors (Lipinski definition) is 3. The van der Waals surface area contributed by atoms with Gasteiger partial charge in [0.1, 0.15) is 0 Å². The SMILES string of the molecule is CC(=O)c1ccc2c(c1)SCC(=O)N2. The molecule has 1 amide bonds. The van der Waals surface area contributed by atoms with Gasteiger partial charge in [-0.3, -0.25) is 9.59 Å². The van der Waals surface area contributed by atoms with Gasteiger partial charge in [0.05, 0.1) is 11.4 Å². The largest absolute Gasteiger partial charge is 0.324 e. The molecule has 1 N–H and O–H groups in total. The number of benzene rings is 1. The maximum absolute atomic E-state index is 11.1. The molecule has 0 aliphatic carbocycles. The summed E-state index contributed by atoms with van der Waals surface area (Å²) in [5.74, 6) is 0.484. The van der Waals surface area contributed by atoms with E-state index < -0.39 is 0 Å². The van der Waals surface area contributed by atoms with Crippen LogP contribution in [0.5, 0.6) is 0 Å². The highest BCUT2D eigenvalue weighted by molar-refractivity contribution is 8.00. The molecule has 0 fully saturated rings. The Labute approximate surface area is 85.9 Å². The van der Waals surface area contributed by atoms with Crippen molar-refractivity contribution in [3.8, 4) is 0 Å². The van der Waals surface area contributed by atoms with Crippen LogP contribution in [0.1, 0.15) is 17.3 Å². The molecule has 72 valence electrons. The highest BCUT2D eigenvalue weighted by Crippen LogP contribution is 2.31. The molecular weight excluding hydrogens is 198 g/mol. The predicted octanol–water partition coefficient (Wildman–Crippen LogP) is 1.93. The van der Waals surface area contributed by atoms with Crippen LogP contribution < -0.4 is 5.32 Å². The Morgan fingerprint density at radius 2 is 2.29 bits per heavy atom. The maximum atomic E-state index is 11.1. The number of thioether (sulfide) groups is 1. The van der Waals surface area contributed by atoms with Crippen molar-refractivity contribution in [1.82, 2.24) is 0 Å². The zero-order valence-corrected chi connectivity index (χ0v) is 8.48. The van der Waals surface area contributed by atoms with E-state index >= 15 is 0 Å². The van der Waals surface area contributed by atoms with E-state index in [-0.39, 0.29) is 11.7 Å². The van der Waals surface area contributed by atoms with Gasteiger partial charge in [-0.1, -0.05) is 0 Å². The van der Waals surface area contributed by atoms with Crippen molar-refractivity contribution < 1.29 is 9.59 Å². The molecule has 1 aromatic carbocycles. The summed E-state index contributed by atoms with van der Waals surface area (Å²) in [6.45, 7) is 1.54. The monoisotopic (exact) mass is 207 g/mol. The molecule has 14 heavy (non-hydrogen) atoms. The fourth-order valence-electron chi connectivity index (χ4n) is 1.29. The van der Waals surface area contributed by atoms with Gasteiger partial charge in [-0.25, -0.2) is 0 Å².